The van der Waals surface area contributed by atoms with Gasteiger partial charge < -0.3 is 9.84 Å². The molecule has 0 aromatic heterocycles. The summed E-state index contributed by atoms with van der Waals surface area (Å²) in [4.78, 5) is 2.44. The molecule has 0 fully saturated rings. The fourth-order valence-corrected chi connectivity index (χ4v) is 2.92. The Balaban J connectivity index is 2.39. The van der Waals surface area contributed by atoms with Crippen molar-refractivity contribution >= 4 is 0 Å². The van der Waals surface area contributed by atoms with Gasteiger partial charge in [0.2, 0.25) is 0 Å². The average Bonchev–Trinajstić information content (AvgIpc) is 2.34. The highest BCUT2D eigenvalue weighted by molar-refractivity contribution is 5.44. The average molecular weight is 277 g/mol. The number of rotatable bonds is 3. The van der Waals surface area contributed by atoms with Crippen LogP contribution < -0.4 is 4.74 Å². The monoisotopic (exact) mass is 277 g/mol. The Morgan fingerprint density at radius 3 is 2.55 bits per heavy atom. The number of hydrogen-bond acceptors (Lipinski definition) is 3. The van der Waals surface area contributed by atoms with Gasteiger partial charge in [-0.3, -0.25) is 4.90 Å². The van der Waals surface area contributed by atoms with Crippen molar-refractivity contribution in [2.24, 2.45) is 5.92 Å². The van der Waals surface area contributed by atoms with Gasteiger partial charge in [0.15, 0.2) is 0 Å². The van der Waals surface area contributed by atoms with Crippen LogP contribution in [0.3, 0.4) is 0 Å². The second kappa shape index (κ2) is 5.28. The summed E-state index contributed by atoms with van der Waals surface area (Å²) in [6, 6.07) is 6.30. The molecule has 0 saturated heterocycles. The van der Waals surface area contributed by atoms with E-state index in [1.807, 2.05) is 6.07 Å². The lowest BCUT2D eigenvalue weighted by atomic mass is 9.87. The third-order valence-corrected chi connectivity index (χ3v) is 4.53. The first-order valence-electron chi connectivity index (χ1n) is 7.45. The molecule has 2 rings (SSSR count). The minimum Gasteiger partial charge on any atom is -0.508 e. The van der Waals surface area contributed by atoms with Gasteiger partial charge in [0.25, 0.3) is 0 Å². The molecule has 0 aliphatic carbocycles. The normalized spacial score (nSPS) is 22.5. The van der Waals surface area contributed by atoms with Crippen LogP contribution in [-0.4, -0.2) is 28.7 Å². The maximum absolute atomic E-state index is 9.69. The van der Waals surface area contributed by atoms with Crippen LogP contribution in [0.1, 0.15) is 52.6 Å². The maximum atomic E-state index is 9.69. The van der Waals surface area contributed by atoms with Gasteiger partial charge in [0.05, 0.1) is 0 Å². The Kier molecular flexibility index (Phi) is 4.01. The molecule has 112 valence electrons. The van der Waals surface area contributed by atoms with E-state index in [1.165, 1.54) is 5.56 Å². The molecule has 0 radical (unpaired) electrons. The third kappa shape index (κ3) is 2.93. The van der Waals surface area contributed by atoms with Crippen molar-refractivity contribution in [3.05, 3.63) is 23.8 Å². The minimum atomic E-state index is -0.212. The smallest absolute Gasteiger partial charge is 0.128 e. The maximum Gasteiger partial charge on any atom is 0.128 e. The molecule has 1 aromatic rings. The Hall–Kier alpha value is -1.22. The zero-order valence-electron chi connectivity index (χ0n) is 13.5. The predicted octanol–water partition coefficient (Wildman–Crippen LogP) is 3.97. The fourth-order valence-electron chi connectivity index (χ4n) is 2.92. The Labute approximate surface area is 122 Å². The van der Waals surface area contributed by atoms with E-state index < -0.39 is 0 Å². The van der Waals surface area contributed by atoms with Gasteiger partial charge >= 0.3 is 0 Å². The number of phenols is 1. The van der Waals surface area contributed by atoms with Gasteiger partial charge in [-0.15, -0.1) is 0 Å². The number of ether oxygens (including phenoxy) is 1. The summed E-state index contributed by atoms with van der Waals surface area (Å²) in [6.45, 7) is 11.0. The van der Waals surface area contributed by atoms with Crippen LogP contribution in [-0.2, 0) is 0 Å². The summed E-state index contributed by atoms with van der Waals surface area (Å²) < 4.78 is 6.03. The quantitative estimate of drug-likeness (QED) is 0.907. The number of aromatic hydroxyl groups is 1. The van der Waals surface area contributed by atoms with Crippen molar-refractivity contribution in [1.29, 1.82) is 0 Å². The first-order valence-corrected chi connectivity index (χ1v) is 7.45. The number of fused-ring (bicyclic) bond motifs is 1. The second-order valence-electron chi connectivity index (χ2n) is 6.95. The van der Waals surface area contributed by atoms with Crippen LogP contribution in [0.4, 0.5) is 0 Å². The molecule has 2 atom stereocenters. The number of hydrogen-bond donors (Lipinski definition) is 1. The molecule has 0 bridgehead atoms. The third-order valence-electron chi connectivity index (χ3n) is 4.53. The fraction of sp³-hybridized carbons (Fsp3) is 0.647. The second-order valence-corrected chi connectivity index (χ2v) is 6.95. The van der Waals surface area contributed by atoms with Crippen LogP contribution in [0, 0.1) is 5.92 Å². The van der Waals surface area contributed by atoms with E-state index in [0.717, 1.165) is 12.2 Å². The molecule has 0 spiro atoms. The SMILES string of the molecule is CC(C)C(C)N(C)C1CC(C)(C)Oc2cc(O)ccc21. The summed E-state index contributed by atoms with van der Waals surface area (Å²) in [5, 5.41) is 9.69. The summed E-state index contributed by atoms with van der Waals surface area (Å²) >= 11 is 0. The highest BCUT2D eigenvalue weighted by Crippen LogP contribution is 2.44. The lowest BCUT2D eigenvalue weighted by molar-refractivity contribution is 0.0205. The van der Waals surface area contributed by atoms with Crippen molar-refractivity contribution in [2.75, 3.05) is 7.05 Å². The molecule has 3 nitrogen and oxygen atoms in total. The molecule has 3 heteroatoms. The standard InChI is InChI=1S/C17H27NO2/c1-11(2)12(3)18(6)15-10-17(4,5)20-16-9-13(19)7-8-14(15)16/h7-9,11-12,15,19H,10H2,1-6H3. The number of nitrogens with zero attached hydrogens (tertiary/aromatic N) is 1. The van der Waals surface area contributed by atoms with Gasteiger partial charge in [0.1, 0.15) is 17.1 Å². The van der Waals surface area contributed by atoms with Crippen molar-refractivity contribution < 1.29 is 9.84 Å². The first-order chi connectivity index (χ1) is 9.21. The summed E-state index contributed by atoms with van der Waals surface area (Å²) in [5.41, 5.74) is 0.966. The van der Waals surface area contributed by atoms with Gasteiger partial charge in [-0.25, -0.2) is 0 Å². The Morgan fingerprint density at radius 2 is 1.95 bits per heavy atom. The highest BCUT2D eigenvalue weighted by atomic mass is 16.5. The lowest BCUT2D eigenvalue weighted by Crippen LogP contribution is -2.44. The summed E-state index contributed by atoms with van der Waals surface area (Å²) in [7, 11) is 2.19. The van der Waals surface area contributed by atoms with Crippen LogP contribution in [0.25, 0.3) is 0 Å². The molecule has 1 aromatic carbocycles. The van der Waals surface area contributed by atoms with Gasteiger partial charge in [-0.2, -0.15) is 0 Å². The largest absolute Gasteiger partial charge is 0.508 e. The van der Waals surface area contributed by atoms with E-state index in [-0.39, 0.29) is 11.4 Å². The lowest BCUT2D eigenvalue weighted by Gasteiger charge is -2.44. The van der Waals surface area contributed by atoms with E-state index in [4.69, 9.17) is 4.74 Å². The highest BCUT2D eigenvalue weighted by Gasteiger charge is 2.37. The van der Waals surface area contributed by atoms with E-state index >= 15 is 0 Å². The molecule has 2 unspecified atom stereocenters. The Bertz CT molecular complexity index is 482. The Morgan fingerprint density at radius 1 is 1.30 bits per heavy atom. The molecular weight excluding hydrogens is 250 g/mol. The summed E-state index contributed by atoms with van der Waals surface area (Å²) in [6.07, 6.45) is 0.957. The molecule has 1 aliphatic rings. The zero-order valence-corrected chi connectivity index (χ0v) is 13.5. The van der Waals surface area contributed by atoms with Crippen molar-refractivity contribution in [3.8, 4) is 11.5 Å². The molecule has 0 saturated carbocycles. The predicted molar refractivity (Wildman–Crippen MR) is 82.2 cm³/mol. The number of phenolic OH excluding ortho intramolecular Hbond substituents is 1. The molecular formula is C17H27NO2. The van der Waals surface area contributed by atoms with E-state index in [1.54, 1.807) is 12.1 Å². The molecule has 1 aliphatic heterocycles. The minimum absolute atomic E-state index is 0.212. The van der Waals surface area contributed by atoms with E-state index in [0.29, 0.717) is 18.0 Å². The van der Waals surface area contributed by atoms with Gasteiger partial charge in [-0.1, -0.05) is 19.9 Å². The van der Waals surface area contributed by atoms with Crippen molar-refractivity contribution in [3.63, 3.8) is 0 Å². The van der Waals surface area contributed by atoms with Crippen molar-refractivity contribution in [2.45, 2.75) is 58.7 Å². The van der Waals surface area contributed by atoms with Gasteiger partial charge in [-0.05, 0) is 39.8 Å². The summed E-state index contributed by atoms with van der Waals surface area (Å²) in [5.74, 6) is 1.68. The first kappa shape index (κ1) is 15.2. The van der Waals surface area contributed by atoms with Gasteiger partial charge in [0, 0.05) is 30.1 Å². The number of benzene rings is 1. The molecule has 20 heavy (non-hydrogen) atoms. The molecule has 1 N–H and O–H groups in total. The van der Waals surface area contributed by atoms with E-state index in [9.17, 15) is 5.11 Å². The van der Waals surface area contributed by atoms with Crippen molar-refractivity contribution in [1.82, 2.24) is 4.90 Å². The van der Waals surface area contributed by atoms with Crippen LogP contribution in [0.5, 0.6) is 11.5 Å². The molecule has 0 amide bonds. The van der Waals surface area contributed by atoms with Crippen LogP contribution in [0.15, 0.2) is 18.2 Å². The molecule has 1 heterocycles. The van der Waals surface area contributed by atoms with E-state index in [2.05, 4.69) is 46.6 Å². The van der Waals surface area contributed by atoms with Crippen LogP contribution in [0.2, 0.25) is 0 Å². The topological polar surface area (TPSA) is 32.7 Å². The zero-order chi connectivity index (χ0) is 15.1. The van der Waals surface area contributed by atoms with Crippen LogP contribution >= 0.6 is 0 Å².